The van der Waals surface area contributed by atoms with Gasteiger partial charge in [0.15, 0.2) is 11.5 Å². The van der Waals surface area contributed by atoms with Crippen LogP contribution in [0.3, 0.4) is 0 Å². The number of benzene rings is 2. The SMILES string of the molecule is O=C(Nc1ccc2c(c1)OCO2)C1CCCN(S(=O)(=O)c2ccccc2)C1. The summed E-state index contributed by atoms with van der Waals surface area (Å²) in [5, 5.41) is 2.86. The van der Waals surface area contributed by atoms with Gasteiger partial charge in [0.1, 0.15) is 0 Å². The molecule has 0 radical (unpaired) electrons. The molecule has 142 valence electrons. The second kappa shape index (κ2) is 7.21. The lowest BCUT2D eigenvalue weighted by molar-refractivity contribution is -0.120. The van der Waals surface area contributed by atoms with E-state index in [4.69, 9.17) is 9.47 Å². The molecule has 8 heteroatoms. The van der Waals surface area contributed by atoms with E-state index >= 15 is 0 Å². The Balaban J connectivity index is 1.46. The molecule has 1 amide bonds. The first-order chi connectivity index (χ1) is 13.0. The molecule has 2 aromatic carbocycles. The molecule has 0 aromatic heterocycles. The van der Waals surface area contributed by atoms with Crippen molar-refractivity contribution in [1.29, 1.82) is 0 Å². The van der Waals surface area contributed by atoms with E-state index in [9.17, 15) is 13.2 Å². The van der Waals surface area contributed by atoms with E-state index in [1.807, 2.05) is 0 Å². The Bertz CT molecular complexity index is 946. The number of hydrogen-bond acceptors (Lipinski definition) is 5. The molecular weight excluding hydrogens is 368 g/mol. The lowest BCUT2D eigenvalue weighted by Gasteiger charge is -2.31. The van der Waals surface area contributed by atoms with Gasteiger partial charge in [-0.2, -0.15) is 4.31 Å². The number of sulfonamides is 1. The van der Waals surface area contributed by atoms with Gasteiger partial charge in [0.25, 0.3) is 0 Å². The molecule has 0 bridgehead atoms. The molecule has 2 aromatic rings. The predicted octanol–water partition coefficient (Wildman–Crippen LogP) is 2.45. The molecule has 7 nitrogen and oxygen atoms in total. The molecular formula is C19H20N2O5S. The third-order valence-corrected chi connectivity index (χ3v) is 6.66. The second-order valence-electron chi connectivity index (χ2n) is 6.57. The third-order valence-electron chi connectivity index (χ3n) is 4.78. The van der Waals surface area contributed by atoms with Gasteiger partial charge in [-0.1, -0.05) is 18.2 Å². The van der Waals surface area contributed by atoms with Crippen LogP contribution in [-0.2, 0) is 14.8 Å². The molecule has 2 heterocycles. The maximum Gasteiger partial charge on any atom is 0.243 e. The summed E-state index contributed by atoms with van der Waals surface area (Å²) in [6.07, 6.45) is 1.29. The summed E-state index contributed by atoms with van der Waals surface area (Å²) < 4.78 is 37.6. The molecule has 27 heavy (non-hydrogen) atoms. The standard InChI is InChI=1S/C19H20N2O5S/c22-19(20-15-8-9-17-18(11-15)26-13-25-17)14-5-4-10-21(12-14)27(23,24)16-6-2-1-3-7-16/h1-3,6-9,11,14H,4-5,10,12-13H2,(H,20,22). The first-order valence-electron chi connectivity index (χ1n) is 8.80. The highest BCUT2D eigenvalue weighted by atomic mass is 32.2. The number of rotatable bonds is 4. The fraction of sp³-hybridized carbons (Fsp3) is 0.316. The summed E-state index contributed by atoms with van der Waals surface area (Å²) in [7, 11) is -3.59. The van der Waals surface area contributed by atoms with Gasteiger partial charge in [0.2, 0.25) is 22.7 Å². The van der Waals surface area contributed by atoms with Crippen LogP contribution in [0.25, 0.3) is 0 Å². The number of anilines is 1. The summed E-state index contributed by atoms with van der Waals surface area (Å²) in [5.41, 5.74) is 0.604. The van der Waals surface area contributed by atoms with Crippen LogP contribution >= 0.6 is 0 Å². The van der Waals surface area contributed by atoms with Gasteiger partial charge in [0.05, 0.1) is 10.8 Å². The monoisotopic (exact) mass is 388 g/mol. The third kappa shape index (κ3) is 3.63. The highest BCUT2D eigenvalue weighted by Gasteiger charge is 2.33. The lowest BCUT2D eigenvalue weighted by atomic mass is 9.98. The van der Waals surface area contributed by atoms with Crippen molar-refractivity contribution in [2.45, 2.75) is 17.7 Å². The van der Waals surface area contributed by atoms with Gasteiger partial charge >= 0.3 is 0 Å². The molecule has 1 atom stereocenters. The van der Waals surface area contributed by atoms with Crippen molar-refractivity contribution in [3.63, 3.8) is 0 Å². The Labute approximate surface area is 157 Å². The predicted molar refractivity (Wildman–Crippen MR) is 99.1 cm³/mol. The average Bonchev–Trinajstić information content (AvgIpc) is 3.16. The molecule has 4 rings (SSSR count). The van der Waals surface area contributed by atoms with E-state index in [2.05, 4.69) is 5.32 Å². The van der Waals surface area contributed by atoms with Crippen LogP contribution in [0.15, 0.2) is 53.4 Å². The summed E-state index contributed by atoms with van der Waals surface area (Å²) in [6, 6.07) is 13.5. The summed E-state index contributed by atoms with van der Waals surface area (Å²) in [4.78, 5) is 12.9. The minimum absolute atomic E-state index is 0.168. The highest BCUT2D eigenvalue weighted by molar-refractivity contribution is 7.89. The number of piperidine rings is 1. The van der Waals surface area contributed by atoms with Crippen molar-refractivity contribution in [2.24, 2.45) is 5.92 Å². The van der Waals surface area contributed by atoms with E-state index in [-0.39, 0.29) is 24.1 Å². The highest BCUT2D eigenvalue weighted by Crippen LogP contribution is 2.34. The quantitative estimate of drug-likeness (QED) is 0.870. The number of carbonyl (C=O) groups excluding carboxylic acids is 1. The number of fused-ring (bicyclic) bond motifs is 1. The normalized spacial score (nSPS) is 19.6. The Morgan fingerprint density at radius 1 is 1.07 bits per heavy atom. The van der Waals surface area contributed by atoms with Gasteiger partial charge in [0, 0.05) is 24.8 Å². The number of carbonyl (C=O) groups is 1. The van der Waals surface area contributed by atoms with Crippen LogP contribution in [0.1, 0.15) is 12.8 Å². The topological polar surface area (TPSA) is 84.9 Å². The van der Waals surface area contributed by atoms with Gasteiger partial charge in [-0.05, 0) is 37.1 Å². The lowest BCUT2D eigenvalue weighted by Crippen LogP contribution is -2.43. The van der Waals surface area contributed by atoms with Crippen LogP contribution in [0, 0.1) is 5.92 Å². The molecule has 1 saturated heterocycles. The minimum atomic E-state index is -3.59. The largest absolute Gasteiger partial charge is 0.454 e. The summed E-state index contributed by atoms with van der Waals surface area (Å²) in [5.74, 6) is 0.639. The van der Waals surface area contributed by atoms with E-state index in [1.54, 1.807) is 48.5 Å². The molecule has 0 spiro atoms. The molecule has 1 unspecified atom stereocenters. The van der Waals surface area contributed by atoms with Crippen LogP contribution in [0.2, 0.25) is 0 Å². The number of amides is 1. The molecule has 1 fully saturated rings. The van der Waals surface area contributed by atoms with E-state index in [0.29, 0.717) is 36.6 Å². The smallest absolute Gasteiger partial charge is 0.243 e. The van der Waals surface area contributed by atoms with E-state index in [1.165, 1.54) is 4.31 Å². The number of ether oxygens (including phenoxy) is 2. The maximum absolute atomic E-state index is 12.8. The van der Waals surface area contributed by atoms with Gasteiger partial charge < -0.3 is 14.8 Å². The Morgan fingerprint density at radius 2 is 1.85 bits per heavy atom. The Hall–Kier alpha value is -2.58. The summed E-state index contributed by atoms with van der Waals surface area (Å²) in [6.45, 7) is 0.764. The molecule has 1 N–H and O–H groups in total. The van der Waals surface area contributed by atoms with Gasteiger partial charge in [-0.15, -0.1) is 0 Å². The van der Waals surface area contributed by atoms with Crippen molar-refractivity contribution >= 4 is 21.6 Å². The second-order valence-corrected chi connectivity index (χ2v) is 8.51. The fourth-order valence-electron chi connectivity index (χ4n) is 3.33. The van der Waals surface area contributed by atoms with Crippen molar-refractivity contribution in [3.05, 3.63) is 48.5 Å². The van der Waals surface area contributed by atoms with Crippen molar-refractivity contribution in [1.82, 2.24) is 4.31 Å². The molecule has 0 saturated carbocycles. The summed E-state index contributed by atoms with van der Waals surface area (Å²) >= 11 is 0. The van der Waals surface area contributed by atoms with Crippen molar-refractivity contribution < 1.29 is 22.7 Å². The van der Waals surface area contributed by atoms with E-state index < -0.39 is 15.9 Å². The first-order valence-corrected chi connectivity index (χ1v) is 10.2. The van der Waals surface area contributed by atoms with Crippen molar-refractivity contribution in [3.8, 4) is 11.5 Å². The number of nitrogens with zero attached hydrogens (tertiary/aromatic N) is 1. The number of hydrogen-bond donors (Lipinski definition) is 1. The Kier molecular flexibility index (Phi) is 4.75. The van der Waals surface area contributed by atoms with Crippen molar-refractivity contribution in [2.75, 3.05) is 25.2 Å². The van der Waals surface area contributed by atoms with Crippen LogP contribution in [0.5, 0.6) is 11.5 Å². The van der Waals surface area contributed by atoms with Crippen LogP contribution in [0.4, 0.5) is 5.69 Å². The Morgan fingerprint density at radius 3 is 2.67 bits per heavy atom. The van der Waals surface area contributed by atoms with Gasteiger partial charge in [-0.3, -0.25) is 4.79 Å². The fourth-order valence-corrected chi connectivity index (χ4v) is 4.88. The van der Waals surface area contributed by atoms with E-state index in [0.717, 1.165) is 0 Å². The van der Waals surface area contributed by atoms with Gasteiger partial charge in [-0.25, -0.2) is 8.42 Å². The average molecular weight is 388 g/mol. The zero-order valence-corrected chi connectivity index (χ0v) is 15.4. The molecule has 0 aliphatic carbocycles. The minimum Gasteiger partial charge on any atom is -0.454 e. The zero-order chi connectivity index (χ0) is 18.9. The van der Waals surface area contributed by atoms with Crippen LogP contribution in [-0.4, -0.2) is 38.5 Å². The molecule has 2 aliphatic rings. The molecule has 2 aliphatic heterocycles. The maximum atomic E-state index is 12.8. The number of nitrogens with one attached hydrogen (secondary N) is 1. The first kappa shape index (κ1) is 17.8. The zero-order valence-electron chi connectivity index (χ0n) is 14.6. The van der Waals surface area contributed by atoms with Crippen LogP contribution < -0.4 is 14.8 Å².